The van der Waals surface area contributed by atoms with Crippen LogP contribution in [0.2, 0.25) is 0 Å². The van der Waals surface area contributed by atoms with Gasteiger partial charge in [-0.25, -0.2) is 4.98 Å². The number of amides is 1. The molecule has 2 aromatic rings. The Kier molecular flexibility index (Phi) is 4.18. The number of hydrogen-bond acceptors (Lipinski definition) is 4. The van der Waals surface area contributed by atoms with Gasteiger partial charge in [0, 0.05) is 31.5 Å². The Bertz CT molecular complexity index is 691. The molecule has 2 aromatic heterocycles. The van der Waals surface area contributed by atoms with Gasteiger partial charge in [0.25, 0.3) is 11.5 Å². The lowest BCUT2D eigenvalue weighted by Crippen LogP contribution is -2.45. The Hall–Kier alpha value is -2.63. The van der Waals surface area contributed by atoms with Crippen LogP contribution in [0.15, 0.2) is 47.5 Å². The van der Waals surface area contributed by atoms with Crippen LogP contribution in [0, 0.1) is 0 Å². The third-order valence-corrected chi connectivity index (χ3v) is 3.87. The lowest BCUT2D eigenvalue weighted by Gasteiger charge is -2.33. The largest absolute Gasteiger partial charge is 0.356 e. The van der Waals surface area contributed by atoms with Crippen molar-refractivity contribution in [2.24, 2.45) is 0 Å². The van der Waals surface area contributed by atoms with Gasteiger partial charge in [0.05, 0.1) is 0 Å². The minimum absolute atomic E-state index is 0.0899. The van der Waals surface area contributed by atoms with Gasteiger partial charge in [-0.15, -0.1) is 0 Å². The fourth-order valence-corrected chi connectivity index (χ4v) is 2.66. The first-order valence-electron chi connectivity index (χ1n) is 7.38. The highest BCUT2D eigenvalue weighted by Crippen LogP contribution is 2.17. The lowest BCUT2D eigenvalue weighted by molar-refractivity contribution is 0.0929. The summed E-state index contributed by atoms with van der Waals surface area (Å²) in [6.07, 6.45) is 4.98. The number of carbonyl (C=O) groups is 1. The number of aromatic nitrogens is 2. The molecule has 0 bridgehead atoms. The number of carbonyl (C=O) groups excluding carboxylic acids is 1. The molecular weight excluding hydrogens is 280 g/mol. The van der Waals surface area contributed by atoms with E-state index in [0.717, 1.165) is 31.7 Å². The van der Waals surface area contributed by atoms with Gasteiger partial charge >= 0.3 is 0 Å². The van der Waals surface area contributed by atoms with E-state index in [0.29, 0.717) is 0 Å². The van der Waals surface area contributed by atoms with Gasteiger partial charge in [0.2, 0.25) is 0 Å². The van der Waals surface area contributed by atoms with Gasteiger partial charge in [-0.1, -0.05) is 6.07 Å². The topological polar surface area (TPSA) is 78.1 Å². The zero-order valence-corrected chi connectivity index (χ0v) is 12.2. The Morgan fingerprint density at radius 2 is 2.05 bits per heavy atom. The number of nitrogens with one attached hydrogen (secondary N) is 2. The molecule has 1 aliphatic heterocycles. The predicted molar refractivity (Wildman–Crippen MR) is 84.0 cm³/mol. The second-order valence-electron chi connectivity index (χ2n) is 5.34. The van der Waals surface area contributed by atoms with Crippen LogP contribution in [0.5, 0.6) is 0 Å². The Morgan fingerprint density at radius 1 is 1.23 bits per heavy atom. The van der Waals surface area contributed by atoms with Crippen molar-refractivity contribution < 1.29 is 4.79 Å². The van der Waals surface area contributed by atoms with Crippen LogP contribution in [0.4, 0.5) is 5.82 Å². The van der Waals surface area contributed by atoms with Crippen LogP contribution in [0.3, 0.4) is 0 Å². The molecule has 0 saturated carbocycles. The number of hydrogen-bond donors (Lipinski definition) is 2. The highest BCUT2D eigenvalue weighted by atomic mass is 16.2. The smallest absolute Gasteiger partial charge is 0.260 e. The van der Waals surface area contributed by atoms with E-state index in [4.69, 9.17) is 0 Å². The molecule has 1 aliphatic rings. The highest BCUT2D eigenvalue weighted by molar-refractivity contribution is 5.93. The molecule has 2 N–H and O–H groups in total. The van der Waals surface area contributed by atoms with Gasteiger partial charge in [0.1, 0.15) is 11.4 Å². The molecule has 0 unspecified atom stereocenters. The quantitative estimate of drug-likeness (QED) is 0.891. The van der Waals surface area contributed by atoms with Gasteiger partial charge in [-0.3, -0.25) is 9.59 Å². The maximum absolute atomic E-state index is 12.1. The second kappa shape index (κ2) is 6.43. The summed E-state index contributed by atoms with van der Waals surface area (Å²) in [6.45, 7) is 1.68. The Labute approximate surface area is 128 Å². The first-order valence-corrected chi connectivity index (χ1v) is 7.38. The Morgan fingerprint density at radius 3 is 2.73 bits per heavy atom. The van der Waals surface area contributed by atoms with Crippen molar-refractivity contribution in [3.63, 3.8) is 0 Å². The predicted octanol–water partition coefficient (Wildman–Crippen LogP) is 1.17. The third kappa shape index (κ3) is 3.16. The van der Waals surface area contributed by atoms with Crippen molar-refractivity contribution >= 4 is 11.7 Å². The lowest BCUT2D eigenvalue weighted by atomic mass is 10.0. The monoisotopic (exact) mass is 298 g/mol. The summed E-state index contributed by atoms with van der Waals surface area (Å²) in [4.78, 5) is 32.8. The summed E-state index contributed by atoms with van der Waals surface area (Å²) < 4.78 is 0. The van der Waals surface area contributed by atoms with E-state index in [-0.39, 0.29) is 23.1 Å². The van der Waals surface area contributed by atoms with Crippen molar-refractivity contribution in [1.29, 1.82) is 0 Å². The molecule has 1 saturated heterocycles. The summed E-state index contributed by atoms with van der Waals surface area (Å²) in [5.74, 6) is 0.657. The normalized spacial score (nSPS) is 15.5. The SMILES string of the molecule is O=C(NC1CCN(c2ccccn2)CC1)c1ccc[nH]c1=O. The van der Waals surface area contributed by atoms with Crippen molar-refractivity contribution in [2.45, 2.75) is 18.9 Å². The number of nitrogens with zero attached hydrogens (tertiary/aromatic N) is 2. The van der Waals surface area contributed by atoms with E-state index in [1.807, 2.05) is 18.2 Å². The Balaban J connectivity index is 1.57. The zero-order valence-electron chi connectivity index (χ0n) is 12.2. The van der Waals surface area contributed by atoms with E-state index in [1.165, 1.54) is 12.3 Å². The number of pyridine rings is 2. The molecule has 1 fully saturated rings. The van der Waals surface area contributed by atoms with E-state index in [9.17, 15) is 9.59 Å². The van der Waals surface area contributed by atoms with Crippen molar-refractivity contribution in [1.82, 2.24) is 15.3 Å². The summed E-state index contributed by atoms with van der Waals surface area (Å²) in [7, 11) is 0. The molecule has 0 atom stereocenters. The zero-order chi connectivity index (χ0) is 15.4. The number of aromatic amines is 1. The minimum atomic E-state index is -0.356. The molecule has 22 heavy (non-hydrogen) atoms. The first kappa shape index (κ1) is 14.3. The maximum atomic E-state index is 12.1. The van der Waals surface area contributed by atoms with Crippen LogP contribution in [0.25, 0.3) is 0 Å². The van der Waals surface area contributed by atoms with Gasteiger partial charge < -0.3 is 15.2 Å². The fourth-order valence-electron chi connectivity index (χ4n) is 2.66. The van der Waals surface area contributed by atoms with E-state index in [1.54, 1.807) is 12.3 Å². The number of rotatable bonds is 3. The van der Waals surface area contributed by atoms with Gasteiger partial charge in [-0.05, 0) is 37.1 Å². The molecule has 1 amide bonds. The number of anilines is 1. The summed E-state index contributed by atoms with van der Waals surface area (Å²) in [6, 6.07) is 9.14. The number of piperidine rings is 1. The molecule has 0 aliphatic carbocycles. The van der Waals surface area contributed by atoms with E-state index >= 15 is 0 Å². The molecular formula is C16H18N4O2. The molecule has 6 nitrogen and oxygen atoms in total. The first-order chi connectivity index (χ1) is 10.7. The van der Waals surface area contributed by atoms with E-state index in [2.05, 4.69) is 20.2 Å². The average Bonchev–Trinajstić information content (AvgIpc) is 2.57. The highest BCUT2D eigenvalue weighted by Gasteiger charge is 2.22. The molecule has 0 radical (unpaired) electrons. The van der Waals surface area contributed by atoms with Crippen molar-refractivity contribution in [3.05, 3.63) is 58.6 Å². The van der Waals surface area contributed by atoms with Crippen LogP contribution < -0.4 is 15.8 Å². The van der Waals surface area contributed by atoms with E-state index < -0.39 is 0 Å². The molecule has 0 aromatic carbocycles. The summed E-state index contributed by atoms with van der Waals surface area (Å²) in [5, 5.41) is 2.94. The van der Waals surface area contributed by atoms with Crippen molar-refractivity contribution in [2.75, 3.05) is 18.0 Å². The number of H-pyrrole nitrogens is 1. The third-order valence-electron chi connectivity index (χ3n) is 3.87. The molecule has 0 spiro atoms. The van der Waals surface area contributed by atoms with Crippen LogP contribution in [-0.4, -0.2) is 35.0 Å². The summed E-state index contributed by atoms with van der Waals surface area (Å²) >= 11 is 0. The summed E-state index contributed by atoms with van der Waals surface area (Å²) in [5.41, 5.74) is -0.194. The minimum Gasteiger partial charge on any atom is -0.356 e. The maximum Gasteiger partial charge on any atom is 0.260 e. The molecule has 114 valence electrons. The standard InChI is InChI=1S/C16H18N4O2/c21-15-13(4-3-9-18-15)16(22)19-12-6-10-20(11-7-12)14-5-1-2-8-17-14/h1-5,8-9,12H,6-7,10-11H2,(H,18,21)(H,19,22). The van der Waals surface area contributed by atoms with Crippen LogP contribution in [-0.2, 0) is 0 Å². The second-order valence-corrected chi connectivity index (χ2v) is 5.34. The van der Waals surface area contributed by atoms with Crippen LogP contribution in [0.1, 0.15) is 23.2 Å². The van der Waals surface area contributed by atoms with Crippen LogP contribution >= 0.6 is 0 Å². The molecule has 6 heteroatoms. The average molecular weight is 298 g/mol. The molecule has 3 rings (SSSR count). The fraction of sp³-hybridized carbons (Fsp3) is 0.312. The van der Waals surface area contributed by atoms with Gasteiger partial charge in [-0.2, -0.15) is 0 Å². The van der Waals surface area contributed by atoms with Gasteiger partial charge in [0.15, 0.2) is 0 Å². The molecule has 3 heterocycles. The van der Waals surface area contributed by atoms with Crippen molar-refractivity contribution in [3.8, 4) is 0 Å².